The molecule has 0 heterocycles. The topological polar surface area (TPSA) is 99.7 Å². The summed E-state index contributed by atoms with van der Waals surface area (Å²) in [4.78, 5) is 20.4. The molecule has 0 saturated carbocycles. The van der Waals surface area contributed by atoms with E-state index in [9.17, 15) is 9.59 Å². The van der Waals surface area contributed by atoms with Gasteiger partial charge in [-0.05, 0) is 6.54 Å². The normalized spacial score (nSPS) is 9.71. The van der Waals surface area contributed by atoms with Crippen molar-refractivity contribution in [2.24, 2.45) is 0 Å². The van der Waals surface area contributed by atoms with E-state index in [0.717, 1.165) is 26.2 Å². The molecule has 0 saturated heterocycles. The van der Waals surface area contributed by atoms with Crippen molar-refractivity contribution < 1.29 is 19.4 Å². The Morgan fingerprint density at radius 1 is 1.18 bits per heavy atom. The highest BCUT2D eigenvalue weighted by Crippen LogP contribution is 1.89. The van der Waals surface area contributed by atoms with Crippen LogP contribution in [0, 0.1) is 0 Å². The number of carbonyl (C=O) groups is 1. The quantitative estimate of drug-likeness (QED) is 0.173. The van der Waals surface area contributed by atoms with Gasteiger partial charge in [0, 0.05) is 26.2 Å². The Labute approximate surface area is 100 Å². The van der Waals surface area contributed by atoms with Gasteiger partial charge < -0.3 is 25.8 Å². The summed E-state index contributed by atoms with van der Waals surface area (Å²) >= 11 is 0. The number of hydrogen-bond donors (Lipinski definition) is 4. The Hall–Kier alpha value is -1.40. The Bertz CT molecular complexity index is 264. The van der Waals surface area contributed by atoms with Crippen molar-refractivity contribution in [2.75, 3.05) is 39.3 Å². The smallest absolute Gasteiger partial charge is 0.449 e. The molecule has 0 aliphatic heterocycles. The van der Waals surface area contributed by atoms with Crippen LogP contribution >= 0.6 is 0 Å². The monoisotopic (exact) mass is 245 g/mol. The van der Waals surface area contributed by atoms with Crippen molar-refractivity contribution in [3.63, 3.8) is 0 Å². The van der Waals surface area contributed by atoms with E-state index in [2.05, 4.69) is 20.7 Å². The van der Waals surface area contributed by atoms with Gasteiger partial charge in [-0.3, -0.25) is 0 Å². The van der Waals surface area contributed by atoms with Crippen molar-refractivity contribution in [3.05, 3.63) is 5.76 Å². The molecule has 0 fully saturated rings. The SMILES string of the molecule is CCNCCNCCNCC(=C=O)OC(=O)O. The summed E-state index contributed by atoms with van der Waals surface area (Å²) in [5.41, 5.74) is 0. The Morgan fingerprint density at radius 2 is 1.76 bits per heavy atom. The van der Waals surface area contributed by atoms with E-state index in [1.165, 1.54) is 5.94 Å². The van der Waals surface area contributed by atoms with Gasteiger partial charge in [-0.2, -0.15) is 0 Å². The number of ether oxygens (including phenoxy) is 1. The molecule has 0 bridgehead atoms. The molecule has 0 aromatic heterocycles. The molecule has 0 atom stereocenters. The van der Waals surface area contributed by atoms with Gasteiger partial charge >= 0.3 is 6.16 Å². The molecule has 98 valence electrons. The number of likely N-dealkylation sites (N-methyl/N-ethyl adjacent to an activating group) is 1. The summed E-state index contributed by atoms with van der Waals surface area (Å²) in [7, 11) is 0. The lowest BCUT2D eigenvalue weighted by atomic mass is 10.5. The maximum absolute atomic E-state index is 10.3. The minimum Gasteiger partial charge on any atom is -0.449 e. The molecular formula is C10H19N3O4. The van der Waals surface area contributed by atoms with Gasteiger partial charge in [-0.15, -0.1) is 0 Å². The fourth-order valence-electron chi connectivity index (χ4n) is 1.06. The lowest BCUT2D eigenvalue weighted by Crippen LogP contribution is -2.33. The van der Waals surface area contributed by atoms with E-state index in [4.69, 9.17) is 5.11 Å². The van der Waals surface area contributed by atoms with Gasteiger partial charge in [-0.25, -0.2) is 9.59 Å². The molecule has 0 aliphatic carbocycles. The molecule has 0 aromatic carbocycles. The van der Waals surface area contributed by atoms with Crippen LogP contribution in [-0.4, -0.2) is 56.5 Å². The van der Waals surface area contributed by atoms with Crippen molar-refractivity contribution in [1.82, 2.24) is 16.0 Å². The van der Waals surface area contributed by atoms with Crippen LogP contribution in [0.4, 0.5) is 4.79 Å². The first-order valence-corrected chi connectivity index (χ1v) is 5.47. The first kappa shape index (κ1) is 15.6. The van der Waals surface area contributed by atoms with Crippen LogP contribution in [0.15, 0.2) is 5.76 Å². The van der Waals surface area contributed by atoms with Crippen molar-refractivity contribution in [3.8, 4) is 0 Å². The Kier molecular flexibility index (Phi) is 10.2. The van der Waals surface area contributed by atoms with Gasteiger partial charge in [0.25, 0.3) is 0 Å². The number of carbonyl (C=O) groups excluding carboxylic acids is 1. The predicted octanol–water partition coefficient (Wildman–Crippen LogP) is -0.815. The molecule has 0 aliphatic rings. The molecular weight excluding hydrogens is 226 g/mol. The molecule has 4 N–H and O–H groups in total. The van der Waals surface area contributed by atoms with E-state index in [-0.39, 0.29) is 12.3 Å². The lowest BCUT2D eigenvalue weighted by Gasteiger charge is -2.06. The third-order valence-electron chi connectivity index (χ3n) is 1.82. The van der Waals surface area contributed by atoms with Gasteiger partial charge in [0.05, 0.1) is 6.54 Å². The summed E-state index contributed by atoms with van der Waals surface area (Å²) < 4.78 is 4.18. The fraction of sp³-hybridized carbons (Fsp3) is 0.700. The highest BCUT2D eigenvalue weighted by Gasteiger charge is 2.04. The van der Waals surface area contributed by atoms with Crippen LogP contribution in [0.3, 0.4) is 0 Å². The first-order chi connectivity index (χ1) is 8.20. The van der Waals surface area contributed by atoms with E-state index in [0.29, 0.717) is 6.54 Å². The fourth-order valence-corrected chi connectivity index (χ4v) is 1.06. The Morgan fingerprint density at radius 3 is 2.29 bits per heavy atom. The van der Waals surface area contributed by atoms with Crippen LogP contribution in [0.25, 0.3) is 0 Å². The third kappa shape index (κ3) is 10.9. The average Bonchev–Trinajstić information content (AvgIpc) is 2.30. The zero-order valence-electron chi connectivity index (χ0n) is 9.91. The van der Waals surface area contributed by atoms with E-state index < -0.39 is 6.16 Å². The largest absolute Gasteiger partial charge is 0.511 e. The van der Waals surface area contributed by atoms with Gasteiger partial charge in [0.2, 0.25) is 5.76 Å². The van der Waals surface area contributed by atoms with Crippen LogP contribution in [-0.2, 0) is 9.53 Å². The summed E-state index contributed by atoms with van der Waals surface area (Å²) in [6.45, 7) is 6.14. The summed E-state index contributed by atoms with van der Waals surface area (Å²) in [6, 6.07) is 0. The minimum atomic E-state index is -1.51. The summed E-state index contributed by atoms with van der Waals surface area (Å²) in [5, 5.41) is 17.5. The van der Waals surface area contributed by atoms with E-state index >= 15 is 0 Å². The summed E-state index contributed by atoms with van der Waals surface area (Å²) in [5.74, 6) is 1.16. The second kappa shape index (κ2) is 11.1. The predicted molar refractivity (Wildman–Crippen MR) is 62.6 cm³/mol. The molecule has 0 spiro atoms. The highest BCUT2D eigenvalue weighted by molar-refractivity contribution is 5.63. The zero-order chi connectivity index (χ0) is 12.9. The van der Waals surface area contributed by atoms with E-state index in [1.54, 1.807) is 0 Å². The zero-order valence-corrected chi connectivity index (χ0v) is 9.91. The van der Waals surface area contributed by atoms with Crippen LogP contribution in [0.5, 0.6) is 0 Å². The molecule has 7 heteroatoms. The van der Waals surface area contributed by atoms with Crippen LogP contribution in [0.1, 0.15) is 6.92 Å². The third-order valence-corrected chi connectivity index (χ3v) is 1.82. The van der Waals surface area contributed by atoms with Crippen molar-refractivity contribution in [1.29, 1.82) is 0 Å². The maximum atomic E-state index is 10.3. The van der Waals surface area contributed by atoms with Crippen molar-refractivity contribution >= 4 is 12.1 Å². The van der Waals surface area contributed by atoms with Crippen LogP contribution < -0.4 is 16.0 Å². The summed E-state index contributed by atoms with van der Waals surface area (Å²) in [6.07, 6.45) is -1.51. The van der Waals surface area contributed by atoms with Crippen LogP contribution in [0.2, 0.25) is 0 Å². The maximum Gasteiger partial charge on any atom is 0.511 e. The molecule has 17 heavy (non-hydrogen) atoms. The minimum absolute atomic E-state index is 0.0602. The number of rotatable bonds is 10. The second-order valence-corrected chi connectivity index (χ2v) is 3.17. The van der Waals surface area contributed by atoms with Gasteiger partial charge in [0.1, 0.15) is 0 Å². The Balaban J connectivity index is 3.38. The molecule has 0 aromatic rings. The van der Waals surface area contributed by atoms with Crippen molar-refractivity contribution in [2.45, 2.75) is 6.92 Å². The lowest BCUT2D eigenvalue weighted by molar-refractivity contribution is 0.118. The number of hydrogen-bond acceptors (Lipinski definition) is 6. The van der Waals surface area contributed by atoms with E-state index in [1.807, 2.05) is 6.92 Å². The first-order valence-electron chi connectivity index (χ1n) is 5.47. The molecule has 0 rings (SSSR count). The molecule has 0 unspecified atom stereocenters. The van der Waals surface area contributed by atoms with Gasteiger partial charge in [-0.1, -0.05) is 6.92 Å². The molecule has 0 radical (unpaired) electrons. The number of nitrogens with one attached hydrogen (secondary N) is 3. The highest BCUT2D eigenvalue weighted by atomic mass is 16.7. The second-order valence-electron chi connectivity index (χ2n) is 3.17. The molecule has 0 amide bonds. The standard InChI is InChI=1S/C10H19N3O4/c1-2-11-3-4-12-5-6-13-7-9(8-14)17-10(15)16/h11-13H,2-7H2,1H3,(H,15,16). The van der Waals surface area contributed by atoms with Gasteiger partial charge in [0.15, 0.2) is 5.94 Å². The number of carboxylic acid groups (broad SMARTS) is 1. The molecule has 7 nitrogen and oxygen atoms in total. The average molecular weight is 245 g/mol.